The zero-order valence-corrected chi connectivity index (χ0v) is 15.3. The fraction of sp³-hybridized carbons (Fsp3) is 0.381. The molecule has 1 aliphatic carbocycles. The average Bonchev–Trinajstić information content (AvgIpc) is 3.02. The minimum absolute atomic E-state index is 0.0436. The molecule has 132 valence electrons. The van der Waals surface area contributed by atoms with E-state index in [1.54, 1.807) is 7.11 Å². The van der Waals surface area contributed by atoms with Gasteiger partial charge in [-0.15, -0.1) is 0 Å². The molecule has 0 aromatic heterocycles. The fourth-order valence-corrected chi connectivity index (χ4v) is 3.56. The van der Waals surface area contributed by atoms with Crippen LogP contribution >= 0.6 is 0 Å². The van der Waals surface area contributed by atoms with Gasteiger partial charge >= 0.3 is 0 Å². The topological polar surface area (TPSA) is 42.8 Å². The number of benzene rings is 2. The maximum absolute atomic E-state index is 12.4. The SMILES string of the molecule is COc1ccc(C)cc1C[NH+](C)CC(=O)Nc1ccc2c(c1)CCC2. The Balaban J connectivity index is 1.58. The Bertz CT molecular complexity index is 770. The Hall–Kier alpha value is -2.33. The molecular weight excluding hydrogens is 312 g/mol. The zero-order chi connectivity index (χ0) is 17.8. The molecule has 2 aromatic carbocycles. The van der Waals surface area contributed by atoms with E-state index in [2.05, 4.69) is 30.4 Å². The molecule has 2 aromatic rings. The molecule has 0 radical (unpaired) electrons. The van der Waals surface area contributed by atoms with Crippen LogP contribution in [-0.2, 0) is 24.2 Å². The van der Waals surface area contributed by atoms with Crippen molar-refractivity contribution >= 4 is 11.6 Å². The largest absolute Gasteiger partial charge is 0.496 e. The number of amides is 1. The van der Waals surface area contributed by atoms with Crippen molar-refractivity contribution in [3.05, 3.63) is 58.7 Å². The molecule has 1 amide bonds. The van der Waals surface area contributed by atoms with Crippen LogP contribution in [0.5, 0.6) is 5.75 Å². The number of carbonyl (C=O) groups excluding carboxylic acids is 1. The van der Waals surface area contributed by atoms with Crippen LogP contribution in [0, 0.1) is 6.92 Å². The van der Waals surface area contributed by atoms with Crippen LogP contribution in [0.15, 0.2) is 36.4 Å². The first-order valence-electron chi connectivity index (χ1n) is 8.91. The highest BCUT2D eigenvalue weighted by atomic mass is 16.5. The Labute approximate surface area is 149 Å². The van der Waals surface area contributed by atoms with Crippen molar-refractivity contribution in [1.82, 2.24) is 0 Å². The third-order valence-corrected chi connectivity index (χ3v) is 4.77. The summed E-state index contributed by atoms with van der Waals surface area (Å²) in [4.78, 5) is 13.5. The summed E-state index contributed by atoms with van der Waals surface area (Å²) < 4.78 is 5.43. The second-order valence-corrected chi connectivity index (χ2v) is 7.01. The van der Waals surface area contributed by atoms with Gasteiger partial charge in [-0.05, 0) is 61.6 Å². The second-order valence-electron chi connectivity index (χ2n) is 7.01. The van der Waals surface area contributed by atoms with Crippen molar-refractivity contribution in [2.24, 2.45) is 0 Å². The molecule has 4 heteroatoms. The van der Waals surface area contributed by atoms with E-state index >= 15 is 0 Å². The van der Waals surface area contributed by atoms with E-state index < -0.39 is 0 Å². The van der Waals surface area contributed by atoms with Crippen molar-refractivity contribution in [2.75, 3.05) is 26.0 Å². The molecule has 0 bridgehead atoms. The highest BCUT2D eigenvalue weighted by Crippen LogP contribution is 2.24. The molecule has 3 rings (SSSR count). The van der Waals surface area contributed by atoms with Gasteiger partial charge in [0.05, 0.1) is 14.2 Å². The van der Waals surface area contributed by atoms with Crippen molar-refractivity contribution in [3.8, 4) is 5.75 Å². The number of hydrogen-bond acceptors (Lipinski definition) is 2. The Morgan fingerprint density at radius 3 is 2.76 bits per heavy atom. The van der Waals surface area contributed by atoms with Crippen molar-refractivity contribution < 1.29 is 14.4 Å². The molecule has 1 aliphatic rings. The summed E-state index contributed by atoms with van der Waals surface area (Å²) in [5.74, 6) is 0.922. The minimum atomic E-state index is 0.0436. The molecule has 2 N–H and O–H groups in total. The smallest absolute Gasteiger partial charge is 0.279 e. The quantitative estimate of drug-likeness (QED) is 0.847. The molecule has 1 unspecified atom stereocenters. The second kappa shape index (κ2) is 7.70. The molecule has 0 aliphatic heterocycles. The number of anilines is 1. The highest BCUT2D eigenvalue weighted by molar-refractivity contribution is 5.91. The summed E-state index contributed by atoms with van der Waals surface area (Å²) in [5, 5.41) is 3.04. The lowest BCUT2D eigenvalue weighted by molar-refractivity contribution is -0.885. The van der Waals surface area contributed by atoms with E-state index in [4.69, 9.17) is 4.74 Å². The van der Waals surface area contributed by atoms with Crippen LogP contribution in [0.4, 0.5) is 5.69 Å². The van der Waals surface area contributed by atoms with E-state index in [9.17, 15) is 4.79 Å². The van der Waals surface area contributed by atoms with Gasteiger partial charge in [0.15, 0.2) is 6.54 Å². The van der Waals surface area contributed by atoms with Crippen molar-refractivity contribution in [2.45, 2.75) is 32.7 Å². The number of aryl methyl sites for hydroxylation is 3. The standard InChI is InChI=1S/C21H26N2O2/c1-15-7-10-20(25-3)18(11-15)13-23(2)14-21(24)22-19-9-8-16-5-4-6-17(16)12-19/h7-12H,4-6,13-14H2,1-3H3,(H,22,24)/p+1. The molecule has 0 fully saturated rings. The van der Waals surface area contributed by atoms with Gasteiger partial charge in [-0.3, -0.25) is 4.79 Å². The molecule has 25 heavy (non-hydrogen) atoms. The van der Waals surface area contributed by atoms with Gasteiger partial charge in [0.2, 0.25) is 0 Å². The van der Waals surface area contributed by atoms with Crippen LogP contribution in [0.1, 0.15) is 28.7 Å². The van der Waals surface area contributed by atoms with Crippen molar-refractivity contribution in [3.63, 3.8) is 0 Å². The van der Waals surface area contributed by atoms with E-state index in [1.807, 2.05) is 25.2 Å². The van der Waals surface area contributed by atoms with Gasteiger partial charge in [0.1, 0.15) is 12.3 Å². The molecule has 0 spiro atoms. The molecule has 0 saturated heterocycles. The predicted octanol–water partition coefficient (Wildman–Crippen LogP) is 2.15. The molecule has 0 saturated carbocycles. The van der Waals surface area contributed by atoms with Gasteiger partial charge in [0, 0.05) is 11.3 Å². The number of carbonyl (C=O) groups is 1. The molecule has 0 heterocycles. The number of fused-ring (bicyclic) bond motifs is 1. The Morgan fingerprint density at radius 2 is 1.96 bits per heavy atom. The summed E-state index contributed by atoms with van der Waals surface area (Å²) in [5.41, 5.74) is 6.04. The third-order valence-electron chi connectivity index (χ3n) is 4.77. The monoisotopic (exact) mass is 339 g/mol. The Kier molecular flexibility index (Phi) is 5.39. The average molecular weight is 339 g/mol. The first-order valence-corrected chi connectivity index (χ1v) is 8.91. The number of likely N-dealkylation sites (N-methyl/N-ethyl adjacent to an activating group) is 1. The molecule has 1 atom stereocenters. The summed E-state index contributed by atoms with van der Waals surface area (Å²) in [7, 11) is 3.72. The first kappa shape index (κ1) is 17.5. The number of ether oxygens (including phenoxy) is 1. The van der Waals surface area contributed by atoms with E-state index in [1.165, 1.54) is 23.1 Å². The van der Waals surface area contributed by atoms with E-state index in [0.717, 1.165) is 41.3 Å². The summed E-state index contributed by atoms with van der Waals surface area (Å²) in [6, 6.07) is 12.4. The van der Waals surface area contributed by atoms with Crippen LogP contribution < -0.4 is 15.0 Å². The van der Waals surface area contributed by atoms with Crippen molar-refractivity contribution in [1.29, 1.82) is 0 Å². The minimum Gasteiger partial charge on any atom is -0.496 e. The highest BCUT2D eigenvalue weighted by Gasteiger charge is 2.15. The summed E-state index contributed by atoms with van der Waals surface area (Å²) in [6.45, 7) is 3.25. The fourth-order valence-electron chi connectivity index (χ4n) is 3.56. The maximum Gasteiger partial charge on any atom is 0.279 e. The lowest BCUT2D eigenvalue weighted by Gasteiger charge is -2.16. The summed E-state index contributed by atoms with van der Waals surface area (Å²) >= 11 is 0. The van der Waals surface area contributed by atoms with Gasteiger partial charge in [-0.1, -0.05) is 17.7 Å². The van der Waals surface area contributed by atoms with E-state index in [0.29, 0.717) is 6.54 Å². The van der Waals surface area contributed by atoms with Gasteiger partial charge in [-0.25, -0.2) is 0 Å². The van der Waals surface area contributed by atoms with Gasteiger partial charge < -0.3 is 15.0 Å². The normalized spacial score (nSPS) is 14.0. The summed E-state index contributed by atoms with van der Waals surface area (Å²) in [6.07, 6.45) is 3.50. The lowest BCUT2D eigenvalue weighted by Crippen LogP contribution is -3.08. The Morgan fingerprint density at radius 1 is 1.16 bits per heavy atom. The van der Waals surface area contributed by atoms with E-state index in [-0.39, 0.29) is 5.91 Å². The number of hydrogen-bond donors (Lipinski definition) is 2. The number of methoxy groups -OCH3 is 1. The number of rotatable bonds is 6. The van der Waals surface area contributed by atoms with Gasteiger partial charge in [0.25, 0.3) is 5.91 Å². The van der Waals surface area contributed by atoms with Gasteiger partial charge in [-0.2, -0.15) is 0 Å². The number of quaternary nitrogens is 1. The maximum atomic E-state index is 12.4. The first-order chi connectivity index (χ1) is 12.0. The molecule has 4 nitrogen and oxygen atoms in total. The van der Waals surface area contributed by atoms with Crippen LogP contribution in [0.2, 0.25) is 0 Å². The van der Waals surface area contributed by atoms with Crippen LogP contribution in [0.25, 0.3) is 0 Å². The third kappa shape index (κ3) is 4.40. The predicted molar refractivity (Wildman–Crippen MR) is 100 cm³/mol. The lowest BCUT2D eigenvalue weighted by atomic mass is 10.1. The van der Waals surface area contributed by atoms with Crippen LogP contribution in [0.3, 0.4) is 0 Å². The van der Waals surface area contributed by atoms with Crippen LogP contribution in [-0.4, -0.2) is 26.6 Å². The molecular formula is C21H27N2O2+. The number of nitrogens with one attached hydrogen (secondary N) is 2. The zero-order valence-electron chi connectivity index (χ0n) is 15.3.